The molecule has 0 unspecified atom stereocenters. The van der Waals surface area contributed by atoms with E-state index in [1.165, 1.54) is 0 Å². The topological polar surface area (TPSA) is 174 Å². The third kappa shape index (κ3) is 7.00. The van der Waals surface area contributed by atoms with Crippen molar-refractivity contribution in [1.29, 1.82) is 0 Å². The predicted molar refractivity (Wildman–Crippen MR) is 214 cm³/mol. The van der Waals surface area contributed by atoms with Crippen LogP contribution in [0.3, 0.4) is 0 Å². The van der Waals surface area contributed by atoms with Crippen molar-refractivity contribution < 1.29 is 32.4 Å². The number of nitrogens with zero attached hydrogens (tertiary/aromatic N) is 2. The molecule has 0 aromatic carbocycles. The van der Waals surface area contributed by atoms with E-state index < -0.39 is 79.3 Å². The third-order valence-electron chi connectivity index (χ3n) is 15.0. The zero-order valence-corrected chi connectivity index (χ0v) is 36.3. The Bertz CT molecular complexity index is 1760. The van der Waals surface area contributed by atoms with Crippen LogP contribution in [0.1, 0.15) is 133 Å². The summed E-state index contributed by atoms with van der Waals surface area (Å²) >= 11 is 0. The summed E-state index contributed by atoms with van der Waals surface area (Å²) in [4.78, 5) is 75.4. The molecule has 0 aromatic heterocycles. The van der Waals surface area contributed by atoms with Gasteiger partial charge in [0.05, 0.1) is 11.3 Å². The molecule has 56 heavy (non-hydrogen) atoms. The van der Waals surface area contributed by atoms with Gasteiger partial charge in [-0.1, -0.05) is 74.3 Å². The van der Waals surface area contributed by atoms with Crippen molar-refractivity contribution in [3.8, 4) is 0 Å². The molecule has 2 saturated heterocycles. The molecular weight excluding hydrogens is 733 g/mol. The molecule has 14 heteroatoms. The van der Waals surface area contributed by atoms with Crippen molar-refractivity contribution in [3.63, 3.8) is 0 Å². The van der Waals surface area contributed by atoms with Crippen LogP contribution in [0.5, 0.6) is 0 Å². The summed E-state index contributed by atoms with van der Waals surface area (Å²) in [6, 6.07) is -3.13. The summed E-state index contributed by atoms with van der Waals surface area (Å²) in [6.07, 6.45) is 8.85. The van der Waals surface area contributed by atoms with Gasteiger partial charge < -0.3 is 20.9 Å². The molecule has 4 saturated carbocycles. The van der Waals surface area contributed by atoms with Crippen molar-refractivity contribution in [2.24, 2.45) is 33.0 Å². The zero-order chi connectivity index (χ0) is 41.6. The Labute approximate surface area is 334 Å². The maximum Gasteiger partial charge on any atom is 0.259 e. The molecule has 4 aliphatic carbocycles. The second-order valence-corrected chi connectivity index (χ2v) is 22.9. The molecule has 314 valence electrons. The lowest BCUT2D eigenvalue weighted by Crippen LogP contribution is -2.64. The molecule has 2 aliphatic heterocycles. The normalized spacial score (nSPS) is 31.9. The molecule has 6 fully saturated rings. The molecular formula is C42H68N6O7S. The summed E-state index contributed by atoms with van der Waals surface area (Å²) < 4.78 is 27.8. The van der Waals surface area contributed by atoms with E-state index in [0.29, 0.717) is 32.2 Å². The summed E-state index contributed by atoms with van der Waals surface area (Å²) in [6.45, 7) is 24.8. The van der Waals surface area contributed by atoms with Gasteiger partial charge in [0, 0.05) is 23.9 Å². The van der Waals surface area contributed by atoms with Crippen LogP contribution in [0.25, 0.3) is 0 Å². The fourth-order valence-corrected chi connectivity index (χ4v) is 12.3. The van der Waals surface area contributed by atoms with Crippen LogP contribution in [0.15, 0.2) is 12.7 Å². The molecule has 4 N–H and O–H groups in total. The van der Waals surface area contributed by atoms with Gasteiger partial charge in [-0.15, -0.1) is 6.58 Å². The number of likely N-dealkylation sites (tertiary alicyclic amines) is 2. The lowest BCUT2D eigenvalue weighted by atomic mass is 9.73. The van der Waals surface area contributed by atoms with Crippen LogP contribution < -0.4 is 20.7 Å². The summed E-state index contributed by atoms with van der Waals surface area (Å²) in [5, 5.41) is 8.46. The average Bonchev–Trinajstić information content (AvgIpc) is 4.02. The predicted octanol–water partition coefficient (Wildman–Crippen LogP) is 3.78. The van der Waals surface area contributed by atoms with E-state index in [9.17, 15) is 27.6 Å². The van der Waals surface area contributed by atoms with Crippen LogP contribution >= 0.6 is 0 Å². The van der Waals surface area contributed by atoms with Crippen molar-refractivity contribution in [1.82, 2.24) is 30.5 Å². The zero-order valence-electron chi connectivity index (χ0n) is 35.5. The van der Waals surface area contributed by atoms with Crippen molar-refractivity contribution in [2.45, 2.75) is 174 Å². The number of hydrogen-bond acceptors (Lipinski definition) is 8. The standard InChI is InChI=1S/C42H68N6O7S/c1-12-26-22-42(26,36(53)46-56(54,55)27-17-18-27)45-33(50)29-23-41(39(10,11)40(41)19-15-20-40)24-48(29)35(52)31(38(7,8)9)44-34(51)30(37(4,5)6)43-32(49)28-16-13-14-21-47(28)25(2)3/h12,25-31H,1,13-24H2,2-11H3,(H,43,49)(H,44,51)(H,45,50)(H,46,53)/t26-,28+,29+,30-,31-,41-,42-/m1/s1. The number of hydrogen-bond donors (Lipinski definition) is 4. The van der Waals surface area contributed by atoms with Crippen LogP contribution in [0.2, 0.25) is 0 Å². The highest BCUT2D eigenvalue weighted by Gasteiger charge is 2.85. The third-order valence-corrected chi connectivity index (χ3v) is 16.8. The molecule has 7 atom stereocenters. The van der Waals surface area contributed by atoms with Crippen molar-refractivity contribution in [2.75, 3.05) is 13.1 Å². The minimum Gasteiger partial charge on any atom is -0.342 e. The Kier molecular flexibility index (Phi) is 10.7. The molecule has 2 heterocycles. The molecule has 0 bridgehead atoms. The van der Waals surface area contributed by atoms with E-state index in [1.807, 2.05) is 41.5 Å². The van der Waals surface area contributed by atoms with Gasteiger partial charge in [0.25, 0.3) is 5.91 Å². The quantitative estimate of drug-likeness (QED) is 0.216. The highest BCUT2D eigenvalue weighted by atomic mass is 32.2. The van der Waals surface area contributed by atoms with Gasteiger partial charge in [0.15, 0.2) is 0 Å². The highest BCUT2D eigenvalue weighted by Crippen LogP contribution is 2.88. The maximum atomic E-state index is 15.1. The fourth-order valence-electron chi connectivity index (χ4n) is 10.9. The number of sulfonamides is 1. The molecule has 6 rings (SSSR count). The van der Waals surface area contributed by atoms with Gasteiger partial charge in [0.1, 0.15) is 23.7 Å². The molecule has 0 aromatic rings. The second kappa shape index (κ2) is 14.1. The smallest absolute Gasteiger partial charge is 0.259 e. The lowest BCUT2D eigenvalue weighted by molar-refractivity contribution is -0.145. The summed E-state index contributed by atoms with van der Waals surface area (Å²) in [7, 11) is -3.87. The first-order valence-electron chi connectivity index (χ1n) is 21.0. The maximum absolute atomic E-state index is 15.1. The SMILES string of the molecule is C=C[C@@H]1C[C@]1(NC(=O)[C@@H]1C[C@@]2(CN1C(=O)[C@@H](NC(=O)[C@@H](NC(=O)[C@@H]1CCCCN1C(C)C)C(C)(C)C)C(C)(C)C)C(C)(C)C21CCC1)C(=O)NS(=O)(=O)C1CC1. The molecule has 6 aliphatic rings. The first-order chi connectivity index (χ1) is 25.8. The monoisotopic (exact) mass is 800 g/mol. The van der Waals surface area contributed by atoms with Crippen LogP contribution in [-0.2, 0) is 34.0 Å². The second-order valence-electron chi connectivity index (χ2n) is 21.0. The molecule has 2 spiro atoms. The molecule has 13 nitrogen and oxygen atoms in total. The van der Waals surface area contributed by atoms with Crippen LogP contribution in [-0.4, -0.2) is 102 Å². The number of carbonyl (C=O) groups excluding carboxylic acids is 5. The van der Waals surface area contributed by atoms with Gasteiger partial charge in [-0.25, -0.2) is 8.42 Å². The first-order valence-corrected chi connectivity index (χ1v) is 22.5. The van der Waals surface area contributed by atoms with Crippen molar-refractivity contribution >= 4 is 39.6 Å². The minimum absolute atomic E-state index is 0.0186. The van der Waals surface area contributed by atoms with Crippen LogP contribution in [0.4, 0.5) is 0 Å². The minimum atomic E-state index is -3.87. The van der Waals surface area contributed by atoms with Gasteiger partial charge >= 0.3 is 0 Å². The Morgan fingerprint density at radius 2 is 1.43 bits per heavy atom. The highest BCUT2D eigenvalue weighted by molar-refractivity contribution is 7.91. The Hall–Kier alpha value is -3.00. The number of piperidine rings is 1. The number of amides is 5. The van der Waals surface area contributed by atoms with Gasteiger partial charge in [0.2, 0.25) is 33.7 Å². The summed E-state index contributed by atoms with van der Waals surface area (Å²) in [5.74, 6) is -2.84. The Morgan fingerprint density at radius 3 is 1.91 bits per heavy atom. The van der Waals surface area contributed by atoms with Gasteiger partial charge in [-0.05, 0) is 93.4 Å². The Balaban J connectivity index is 1.27. The number of nitrogens with one attached hydrogen (secondary N) is 4. The number of rotatable bonds is 12. The average molecular weight is 801 g/mol. The number of fused-ring (bicyclic) bond motifs is 1. The van der Waals surface area contributed by atoms with E-state index in [4.69, 9.17) is 0 Å². The van der Waals surface area contributed by atoms with E-state index in [2.05, 4.69) is 59.8 Å². The van der Waals surface area contributed by atoms with E-state index in [1.54, 1.807) is 11.0 Å². The molecule has 5 amide bonds. The molecule has 0 radical (unpaired) electrons. The van der Waals surface area contributed by atoms with Gasteiger partial charge in [-0.2, -0.15) is 0 Å². The van der Waals surface area contributed by atoms with E-state index >= 15 is 4.79 Å². The van der Waals surface area contributed by atoms with E-state index in [0.717, 1.165) is 38.6 Å². The van der Waals surface area contributed by atoms with Gasteiger partial charge in [-0.3, -0.25) is 33.6 Å². The number of carbonyl (C=O) groups is 5. The van der Waals surface area contributed by atoms with Crippen LogP contribution in [0, 0.1) is 33.0 Å². The fraction of sp³-hybridized carbons (Fsp3) is 0.833. The lowest BCUT2D eigenvalue weighted by Gasteiger charge is -2.40. The summed E-state index contributed by atoms with van der Waals surface area (Å²) in [5.41, 5.74) is -3.46. The largest absolute Gasteiger partial charge is 0.342 e. The Morgan fingerprint density at radius 1 is 0.804 bits per heavy atom. The first kappa shape index (κ1) is 42.6. The van der Waals surface area contributed by atoms with E-state index in [-0.39, 0.29) is 40.7 Å². The van der Waals surface area contributed by atoms with Crippen molar-refractivity contribution in [3.05, 3.63) is 12.7 Å².